The third-order valence-corrected chi connectivity index (χ3v) is 2.30. The van der Waals surface area contributed by atoms with E-state index in [-0.39, 0.29) is 11.4 Å². The van der Waals surface area contributed by atoms with Crippen LogP contribution in [-0.4, -0.2) is 18.8 Å². The summed E-state index contributed by atoms with van der Waals surface area (Å²) in [7, 11) is 0. The molecule has 1 N–H and O–H groups in total. The Morgan fingerprint density at radius 3 is 2.75 bits per heavy atom. The highest BCUT2D eigenvalue weighted by Gasteiger charge is 2.16. The maximum atomic E-state index is 12.9. The highest BCUT2D eigenvalue weighted by molar-refractivity contribution is 5.15. The zero-order chi connectivity index (χ0) is 12.0. The van der Waals surface area contributed by atoms with Crippen molar-refractivity contribution in [3.63, 3.8) is 0 Å². The molecule has 1 rings (SSSR count). The summed E-state index contributed by atoms with van der Waals surface area (Å²) in [6, 6.07) is 6.62. The molecule has 0 aliphatic heterocycles. The van der Waals surface area contributed by atoms with Gasteiger partial charge in [-0.25, -0.2) is 4.39 Å². The largest absolute Gasteiger partial charge is 0.375 e. The van der Waals surface area contributed by atoms with Crippen LogP contribution in [0, 0.1) is 5.82 Å². The first kappa shape index (κ1) is 13.1. The van der Waals surface area contributed by atoms with Gasteiger partial charge in [-0.05, 0) is 38.5 Å². The van der Waals surface area contributed by atoms with Crippen LogP contribution in [0.15, 0.2) is 24.3 Å². The molecular formula is C13H20FNO. The highest BCUT2D eigenvalue weighted by atomic mass is 19.1. The van der Waals surface area contributed by atoms with Crippen LogP contribution in [0.25, 0.3) is 0 Å². The second-order valence-electron chi connectivity index (χ2n) is 4.43. The van der Waals surface area contributed by atoms with Crippen LogP contribution >= 0.6 is 0 Å². The number of ether oxygens (including phenoxy) is 1. The third kappa shape index (κ3) is 4.73. The highest BCUT2D eigenvalue weighted by Crippen LogP contribution is 2.08. The zero-order valence-corrected chi connectivity index (χ0v) is 10.2. The van der Waals surface area contributed by atoms with E-state index >= 15 is 0 Å². The Morgan fingerprint density at radius 2 is 2.12 bits per heavy atom. The minimum Gasteiger partial charge on any atom is -0.375 e. The Labute approximate surface area is 96.8 Å². The Hall–Kier alpha value is -0.930. The average Bonchev–Trinajstić information content (AvgIpc) is 2.17. The van der Waals surface area contributed by atoms with E-state index in [0.29, 0.717) is 13.2 Å². The van der Waals surface area contributed by atoms with Crippen LogP contribution < -0.4 is 5.32 Å². The molecule has 0 amide bonds. The van der Waals surface area contributed by atoms with E-state index in [0.717, 1.165) is 12.1 Å². The van der Waals surface area contributed by atoms with E-state index in [2.05, 4.69) is 5.32 Å². The summed E-state index contributed by atoms with van der Waals surface area (Å²) in [5, 5.41) is 3.26. The molecule has 0 radical (unpaired) electrons. The summed E-state index contributed by atoms with van der Waals surface area (Å²) in [5.41, 5.74) is 0.773. The molecule has 0 atom stereocenters. The molecule has 0 saturated carbocycles. The van der Waals surface area contributed by atoms with Gasteiger partial charge in [0, 0.05) is 19.7 Å². The molecule has 0 aliphatic rings. The number of nitrogens with one attached hydrogen (secondary N) is 1. The molecule has 0 fully saturated rings. The van der Waals surface area contributed by atoms with Crippen LogP contribution in [0.1, 0.15) is 26.3 Å². The number of halogens is 1. The van der Waals surface area contributed by atoms with Crippen LogP contribution in [-0.2, 0) is 11.3 Å². The van der Waals surface area contributed by atoms with Gasteiger partial charge in [-0.3, -0.25) is 0 Å². The summed E-state index contributed by atoms with van der Waals surface area (Å²) in [4.78, 5) is 0. The molecule has 0 aliphatic carbocycles. The summed E-state index contributed by atoms with van der Waals surface area (Å²) < 4.78 is 18.5. The van der Waals surface area contributed by atoms with Gasteiger partial charge in [0.05, 0.1) is 5.60 Å². The van der Waals surface area contributed by atoms with E-state index in [1.54, 1.807) is 12.1 Å². The minimum atomic E-state index is -0.191. The zero-order valence-electron chi connectivity index (χ0n) is 10.2. The molecule has 1 aromatic rings. The SMILES string of the molecule is CCOC(C)(C)CNCc1cccc(F)c1. The van der Waals surface area contributed by atoms with Gasteiger partial charge in [0.25, 0.3) is 0 Å². The van der Waals surface area contributed by atoms with Gasteiger partial charge >= 0.3 is 0 Å². The molecule has 0 aromatic heterocycles. The quantitative estimate of drug-likeness (QED) is 0.803. The van der Waals surface area contributed by atoms with Crippen LogP contribution in [0.2, 0.25) is 0 Å². The first-order chi connectivity index (χ1) is 7.53. The summed E-state index contributed by atoms with van der Waals surface area (Å²) in [6.45, 7) is 8.17. The maximum Gasteiger partial charge on any atom is 0.123 e. The Kier molecular flexibility index (Phi) is 4.90. The molecule has 1 aromatic carbocycles. The Bertz CT molecular complexity index is 325. The van der Waals surface area contributed by atoms with Gasteiger partial charge in [0.2, 0.25) is 0 Å². The molecule has 0 bridgehead atoms. The maximum absolute atomic E-state index is 12.9. The van der Waals surface area contributed by atoms with E-state index in [1.807, 2.05) is 26.8 Å². The first-order valence-electron chi connectivity index (χ1n) is 5.62. The lowest BCUT2D eigenvalue weighted by Gasteiger charge is -2.25. The number of hydrogen-bond donors (Lipinski definition) is 1. The van der Waals surface area contributed by atoms with Crippen molar-refractivity contribution in [3.8, 4) is 0 Å². The van der Waals surface area contributed by atoms with E-state index in [1.165, 1.54) is 6.07 Å². The lowest BCUT2D eigenvalue weighted by atomic mass is 10.1. The van der Waals surface area contributed by atoms with Crippen molar-refractivity contribution in [1.29, 1.82) is 0 Å². The molecule has 0 saturated heterocycles. The van der Waals surface area contributed by atoms with Crippen LogP contribution in [0.3, 0.4) is 0 Å². The van der Waals surface area contributed by atoms with Crippen molar-refractivity contribution in [3.05, 3.63) is 35.6 Å². The Morgan fingerprint density at radius 1 is 1.38 bits per heavy atom. The molecule has 0 unspecified atom stereocenters. The van der Waals surface area contributed by atoms with E-state index in [9.17, 15) is 4.39 Å². The van der Waals surface area contributed by atoms with Crippen molar-refractivity contribution in [1.82, 2.24) is 5.32 Å². The van der Waals surface area contributed by atoms with Crippen molar-refractivity contribution in [2.45, 2.75) is 32.9 Å². The number of hydrogen-bond acceptors (Lipinski definition) is 2. The molecular weight excluding hydrogens is 205 g/mol. The lowest BCUT2D eigenvalue weighted by Crippen LogP contribution is -2.37. The molecule has 3 heteroatoms. The van der Waals surface area contributed by atoms with Gasteiger partial charge in [-0.15, -0.1) is 0 Å². The van der Waals surface area contributed by atoms with Crippen molar-refractivity contribution >= 4 is 0 Å². The average molecular weight is 225 g/mol. The molecule has 0 spiro atoms. The fraction of sp³-hybridized carbons (Fsp3) is 0.538. The fourth-order valence-corrected chi connectivity index (χ4v) is 1.60. The van der Waals surface area contributed by atoms with Crippen molar-refractivity contribution in [2.24, 2.45) is 0 Å². The molecule has 2 nitrogen and oxygen atoms in total. The third-order valence-electron chi connectivity index (χ3n) is 2.30. The summed E-state index contributed by atoms with van der Waals surface area (Å²) in [6.07, 6.45) is 0. The predicted molar refractivity (Wildman–Crippen MR) is 63.8 cm³/mol. The smallest absolute Gasteiger partial charge is 0.123 e. The van der Waals surface area contributed by atoms with Gasteiger partial charge < -0.3 is 10.1 Å². The standard InChI is InChI=1S/C13H20FNO/c1-4-16-13(2,3)10-15-9-11-6-5-7-12(14)8-11/h5-8,15H,4,9-10H2,1-3H3. The second-order valence-corrected chi connectivity index (χ2v) is 4.43. The van der Waals surface area contributed by atoms with Crippen LogP contribution in [0.4, 0.5) is 4.39 Å². The van der Waals surface area contributed by atoms with Gasteiger partial charge in [0.1, 0.15) is 5.82 Å². The predicted octanol–water partition coefficient (Wildman–Crippen LogP) is 2.73. The topological polar surface area (TPSA) is 21.3 Å². The number of benzene rings is 1. The van der Waals surface area contributed by atoms with Crippen LogP contribution in [0.5, 0.6) is 0 Å². The fourth-order valence-electron chi connectivity index (χ4n) is 1.60. The molecule has 0 heterocycles. The number of rotatable bonds is 6. The van der Waals surface area contributed by atoms with Gasteiger partial charge in [-0.1, -0.05) is 12.1 Å². The second kappa shape index (κ2) is 5.97. The summed E-state index contributed by atoms with van der Waals surface area (Å²) >= 11 is 0. The van der Waals surface area contributed by atoms with Crippen molar-refractivity contribution < 1.29 is 9.13 Å². The lowest BCUT2D eigenvalue weighted by molar-refractivity contribution is -0.00897. The van der Waals surface area contributed by atoms with Gasteiger partial charge in [-0.2, -0.15) is 0 Å². The Balaban J connectivity index is 2.35. The molecule has 16 heavy (non-hydrogen) atoms. The normalized spacial score (nSPS) is 11.8. The minimum absolute atomic E-state index is 0.178. The summed E-state index contributed by atoms with van der Waals surface area (Å²) in [5.74, 6) is -0.191. The van der Waals surface area contributed by atoms with Crippen molar-refractivity contribution in [2.75, 3.05) is 13.2 Å². The monoisotopic (exact) mass is 225 g/mol. The van der Waals surface area contributed by atoms with Gasteiger partial charge in [0.15, 0.2) is 0 Å². The first-order valence-corrected chi connectivity index (χ1v) is 5.62. The molecule has 90 valence electrons. The van der Waals surface area contributed by atoms with E-state index in [4.69, 9.17) is 4.74 Å². The van der Waals surface area contributed by atoms with E-state index < -0.39 is 0 Å².